The molecule has 4 aromatic rings. The Balaban J connectivity index is 2.32. The first kappa shape index (κ1) is 14.0. The van der Waals surface area contributed by atoms with Crippen molar-refractivity contribution in [1.82, 2.24) is 23.9 Å². The highest BCUT2D eigenvalue weighted by molar-refractivity contribution is 6.04. The standard InChI is InChI=1S/C15H13N7O2/c1-21-6-9(24)12(20-15(21)17)10-7-2-4-19-14(16)22(7)13-11(10)8(23)3-5-18-13/h2-6,17,24H,1H3,(H2,16,19)(H,18,23). The topological polar surface area (TPSA) is 138 Å². The fraction of sp³-hybridized carbons (Fsp3) is 0.0667. The molecule has 5 N–H and O–H groups in total. The van der Waals surface area contributed by atoms with E-state index in [2.05, 4.69) is 15.0 Å². The van der Waals surface area contributed by atoms with E-state index in [0.29, 0.717) is 22.1 Å². The Morgan fingerprint density at radius 2 is 2.17 bits per heavy atom. The van der Waals surface area contributed by atoms with Crippen LogP contribution in [0.5, 0.6) is 5.75 Å². The first-order valence-corrected chi connectivity index (χ1v) is 7.07. The van der Waals surface area contributed by atoms with Gasteiger partial charge in [0, 0.05) is 31.1 Å². The predicted octanol–water partition coefficient (Wildman–Crippen LogP) is 0.344. The van der Waals surface area contributed by atoms with Gasteiger partial charge in [-0.15, -0.1) is 0 Å². The molecule has 0 atom stereocenters. The van der Waals surface area contributed by atoms with Gasteiger partial charge in [-0.25, -0.2) is 9.97 Å². The summed E-state index contributed by atoms with van der Waals surface area (Å²) in [4.78, 5) is 23.6. The molecule has 0 unspecified atom stereocenters. The number of nitrogens with one attached hydrogen (secondary N) is 2. The van der Waals surface area contributed by atoms with E-state index in [1.54, 1.807) is 17.5 Å². The third-order valence-corrected chi connectivity index (χ3v) is 3.92. The largest absolute Gasteiger partial charge is 0.504 e. The lowest BCUT2D eigenvalue weighted by Crippen LogP contribution is -2.20. The number of pyridine rings is 1. The summed E-state index contributed by atoms with van der Waals surface area (Å²) in [7, 11) is 1.60. The van der Waals surface area contributed by atoms with E-state index in [0.717, 1.165) is 0 Å². The molecule has 9 nitrogen and oxygen atoms in total. The molecule has 0 amide bonds. The van der Waals surface area contributed by atoms with Gasteiger partial charge in [-0.2, -0.15) is 0 Å². The van der Waals surface area contributed by atoms with Gasteiger partial charge in [0.05, 0.1) is 17.1 Å². The smallest absolute Gasteiger partial charge is 0.222 e. The molecule has 9 heteroatoms. The van der Waals surface area contributed by atoms with Crippen molar-refractivity contribution in [2.75, 3.05) is 5.73 Å². The number of nitrogen functional groups attached to an aromatic ring is 1. The van der Waals surface area contributed by atoms with Crippen molar-refractivity contribution < 1.29 is 5.11 Å². The quantitative estimate of drug-likeness (QED) is 0.400. The molecule has 0 saturated heterocycles. The molecule has 0 bridgehead atoms. The summed E-state index contributed by atoms with van der Waals surface area (Å²) in [6.45, 7) is 0. The van der Waals surface area contributed by atoms with Gasteiger partial charge in [0.2, 0.25) is 11.6 Å². The van der Waals surface area contributed by atoms with Gasteiger partial charge in [0.15, 0.2) is 11.2 Å². The average Bonchev–Trinajstić information content (AvgIpc) is 2.88. The monoisotopic (exact) mass is 323 g/mol. The Bertz CT molecular complexity index is 1230. The van der Waals surface area contributed by atoms with Crippen molar-refractivity contribution in [2.24, 2.45) is 7.05 Å². The van der Waals surface area contributed by atoms with Gasteiger partial charge < -0.3 is 20.4 Å². The van der Waals surface area contributed by atoms with Crippen LogP contribution in [0.2, 0.25) is 0 Å². The minimum Gasteiger partial charge on any atom is -0.504 e. The van der Waals surface area contributed by atoms with Crippen LogP contribution in [0.1, 0.15) is 0 Å². The molecule has 0 radical (unpaired) electrons. The molecule has 0 spiro atoms. The van der Waals surface area contributed by atoms with Gasteiger partial charge in [0.25, 0.3) is 0 Å². The van der Waals surface area contributed by atoms with Crippen LogP contribution in [0.25, 0.3) is 27.8 Å². The third kappa shape index (κ3) is 1.75. The minimum absolute atomic E-state index is 0.0512. The number of aromatic hydroxyl groups is 1. The van der Waals surface area contributed by atoms with Crippen LogP contribution in [0.3, 0.4) is 0 Å². The summed E-state index contributed by atoms with van der Waals surface area (Å²) in [6.07, 6.45) is 4.41. The Morgan fingerprint density at radius 3 is 2.96 bits per heavy atom. The van der Waals surface area contributed by atoms with E-state index in [1.165, 1.54) is 29.2 Å². The summed E-state index contributed by atoms with van der Waals surface area (Å²) in [6, 6.07) is 3.06. The number of aryl methyl sites for hydroxylation is 1. The number of nitrogens with zero attached hydrogens (tertiary/aromatic N) is 4. The second kappa shape index (κ2) is 4.69. The van der Waals surface area contributed by atoms with E-state index >= 15 is 0 Å². The van der Waals surface area contributed by atoms with Crippen LogP contribution in [0, 0.1) is 5.41 Å². The van der Waals surface area contributed by atoms with Crippen LogP contribution in [-0.2, 0) is 7.05 Å². The fourth-order valence-electron chi connectivity index (χ4n) is 2.86. The molecular formula is C15H13N7O2. The van der Waals surface area contributed by atoms with Crippen LogP contribution < -0.4 is 16.8 Å². The molecule has 0 aromatic carbocycles. The highest BCUT2D eigenvalue weighted by atomic mass is 16.3. The number of aromatic amines is 1. The highest BCUT2D eigenvalue weighted by Crippen LogP contribution is 2.35. The van der Waals surface area contributed by atoms with Gasteiger partial charge in [0.1, 0.15) is 11.3 Å². The van der Waals surface area contributed by atoms with Crippen molar-refractivity contribution in [2.45, 2.75) is 0 Å². The number of fused-ring (bicyclic) bond motifs is 3. The van der Waals surface area contributed by atoms with Gasteiger partial charge in [-0.3, -0.25) is 14.6 Å². The third-order valence-electron chi connectivity index (χ3n) is 3.92. The molecule has 120 valence electrons. The molecule has 0 saturated carbocycles. The Kier molecular flexibility index (Phi) is 2.73. The zero-order valence-electron chi connectivity index (χ0n) is 12.6. The molecule has 0 fully saturated rings. The SMILES string of the molecule is Cn1cc(O)c(-c2c3c(=O)cc[nH]c3n3c(N)nccc23)nc1=N. The van der Waals surface area contributed by atoms with E-state index in [9.17, 15) is 9.90 Å². The maximum Gasteiger partial charge on any atom is 0.222 e. The predicted molar refractivity (Wildman–Crippen MR) is 87.5 cm³/mol. The minimum atomic E-state index is -0.247. The van der Waals surface area contributed by atoms with Gasteiger partial charge in [-0.05, 0) is 6.07 Å². The number of aromatic nitrogens is 5. The number of anilines is 1. The van der Waals surface area contributed by atoms with E-state index in [1.807, 2.05) is 0 Å². The number of hydrogen-bond acceptors (Lipinski definition) is 6. The Hall–Kier alpha value is -3.62. The Morgan fingerprint density at radius 1 is 1.38 bits per heavy atom. The molecule has 4 aromatic heterocycles. The lowest BCUT2D eigenvalue weighted by Gasteiger charge is -2.06. The van der Waals surface area contributed by atoms with Gasteiger partial charge >= 0.3 is 0 Å². The zero-order valence-corrected chi connectivity index (χ0v) is 12.6. The molecule has 0 aliphatic heterocycles. The van der Waals surface area contributed by atoms with Crippen molar-refractivity contribution >= 4 is 22.5 Å². The van der Waals surface area contributed by atoms with E-state index in [4.69, 9.17) is 11.1 Å². The van der Waals surface area contributed by atoms with Crippen molar-refractivity contribution in [3.05, 3.63) is 46.6 Å². The van der Waals surface area contributed by atoms with Crippen LogP contribution in [-0.4, -0.2) is 29.0 Å². The molecule has 24 heavy (non-hydrogen) atoms. The summed E-state index contributed by atoms with van der Waals surface area (Å²) in [5, 5.41) is 18.5. The van der Waals surface area contributed by atoms with Crippen molar-refractivity contribution in [3.8, 4) is 17.0 Å². The molecule has 4 heterocycles. The summed E-state index contributed by atoms with van der Waals surface area (Å²) in [5.74, 6) is 0.0548. The Labute approximate surface area is 134 Å². The number of nitrogens with two attached hydrogens (primary N) is 1. The zero-order chi connectivity index (χ0) is 17.0. The second-order valence-corrected chi connectivity index (χ2v) is 5.37. The number of H-pyrrole nitrogens is 1. The van der Waals surface area contributed by atoms with E-state index < -0.39 is 0 Å². The summed E-state index contributed by atoms with van der Waals surface area (Å²) in [5.41, 5.74) is 7.24. The summed E-state index contributed by atoms with van der Waals surface area (Å²) >= 11 is 0. The van der Waals surface area contributed by atoms with Crippen molar-refractivity contribution in [3.63, 3.8) is 0 Å². The molecule has 4 rings (SSSR count). The average molecular weight is 323 g/mol. The summed E-state index contributed by atoms with van der Waals surface area (Å²) < 4.78 is 2.96. The van der Waals surface area contributed by atoms with E-state index in [-0.39, 0.29) is 28.4 Å². The number of rotatable bonds is 1. The van der Waals surface area contributed by atoms with Crippen LogP contribution in [0.4, 0.5) is 5.95 Å². The fourth-order valence-corrected chi connectivity index (χ4v) is 2.86. The maximum atomic E-state index is 12.5. The normalized spacial score (nSPS) is 11.4. The second-order valence-electron chi connectivity index (χ2n) is 5.37. The number of hydrogen-bond donors (Lipinski definition) is 4. The molecular weight excluding hydrogens is 310 g/mol. The lowest BCUT2D eigenvalue weighted by molar-refractivity contribution is 0.465. The van der Waals surface area contributed by atoms with Crippen LogP contribution in [0.15, 0.2) is 35.5 Å². The molecule has 0 aliphatic carbocycles. The first-order chi connectivity index (χ1) is 11.5. The lowest BCUT2D eigenvalue weighted by atomic mass is 10.1. The highest BCUT2D eigenvalue weighted by Gasteiger charge is 2.21. The van der Waals surface area contributed by atoms with Gasteiger partial charge in [-0.1, -0.05) is 0 Å². The first-order valence-electron chi connectivity index (χ1n) is 7.07. The maximum absolute atomic E-state index is 12.5. The van der Waals surface area contributed by atoms with Crippen molar-refractivity contribution in [1.29, 1.82) is 5.41 Å². The molecule has 0 aliphatic rings. The van der Waals surface area contributed by atoms with Crippen LogP contribution >= 0.6 is 0 Å².